The second kappa shape index (κ2) is 10.0. The van der Waals surface area contributed by atoms with Crippen LogP contribution in [0.15, 0.2) is 65.6 Å². The fourth-order valence-corrected chi connectivity index (χ4v) is 5.22. The fourth-order valence-electron chi connectivity index (χ4n) is 3.76. The Morgan fingerprint density at radius 3 is 2.23 bits per heavy atom. The summed E-state index contributed by atoms with van der Waals surface area (Å²) in [6.45, 7) is 5.95. The molecule has 1 heterocycles. The van der Waals surface area contributed by atoms with E-state index < -0.39 is 10.0 Å². The van der Waals surface area contributed by atoms with E-state index in [1.807, 2.05) is 49.1 Å². The van der Waals surface area contributed by atoms with Crippen molar-refractivity contribution < 1.29 is 13.2 Å². The molecular formula is C24H30N2O3S. The molecule has 1 aliphatic heterocycles. The molecule has 0 aromatic heterocycles. The van der Waals surface area contributed by atoms with Gasteiger partial charge in [0.25, 0.3) is 0 Å². The van der Waals surface area contributed by atoms with Crippen molar-refractivity contribution in [3.8, 4) is 0 Å². The topological polar surface area (TPSA) is 57.7 Å². The van der Waals surface area contributed by atoms with Gasteiger partial charge in [0.2, 0.25) is 15.9 Å². The molecule has 30 heavy (non-hydrogen) atoms. The quantitative estimate of drug-likeness (QED) is 0.642. The largest absolute Gasteiger partial charge is 0.339 e. The lowest BCUT2D eigenvalue weighted by Gasteiger charge is -2.27. The maximum atomic E-state index is 12.6. The summed E-state index contributed by atoms with van der Waals surface area (Å²) in [5.41, 5.74) is 3.49. The van der Waals surface area contributed by atoms with E-state index in [2.05, 4.69) is 18.2 Å². The summed E-state index contributed by atoms with van der Waals surface area (Å²) < 4.78 is 26.6. The zero-order valence-corrected chi connectivity index (χ0v) is 18.6. The molecule has 0 spiro atoms. The molecule has 0 radical (unpaired) electrons. The van der Waals surface area contributed by atoms with E-state index in [9.17, 15) is 13.2 Å². The van der Waals surface area contributed by atoms with Crippen LogP contribution in [0.3, 0.4) is 0 Å². The van der Waals surface area contributed by atoms with Gasteiger partial charge < -0.3 is 4.90 Å². The summed E-state index contributed by atoms with van der Waals surface area (Å²) in [6, 6.07) is 17.2. The van der Waals surface area contributed by atoms with Gasteiger partial charge in [-0.05, 0) is 41.7 Å². The molecule has 0 N–H and O–H groups in total. The second-order valence-electron chi connectivity index (χ2n) is 7.42. The minimum atomic E-state index is -3.44. The van der Waals surface area contributed by atoms with Gasteiger partial charge in [0, 0.05) is 32.6 Å². The summed E-state index contributed by atoms with van der Waals surface area (Å²) in [4.78, 5) is 14.8. The predicted octanol–water partition coefficient (Wildman–Crippen LogP) is 3.97. The number of sulfonamides is 1. The predicted molar refractivity (Wildman–Crippen MR) is 120 cm³/mol. The van der Waals surface area contributed by atoms with Crippen molar-refractivity contribution in [1.82, 2.24) is 9.21 Å². The Hall–Kier alpha value is -2.44. The molecule has 0 fully saturated rings. The first-order valence-corrected chi connectivity index (χ1v) is 12.0. The highest BCUT2D eigenvalue weighted by Gasteiger charge is 2.21. The molecule has 1 amide bonds. The number of hydrogen-bond donors (Lipinski definition) is 0. The van der Waals surface area contributed by atoms with Gasteiger partial charge in [-0.3, -0.25) is 4.79 Å². The minimum Gasteiger partial charge on any atom is -0.339 e. The summed E-state index contributed by atoms with van der Waals surface area (Å²) in [5.74, 6) is 0.137. The molecule has 0 aliphatic carbocycles. The number of aryl methyl sites for hydroxylation is 1. The monoisotopic (exact) mass is 426 g/mol. The van der Waals surface area contributed by atoms with Crippen LogP contribution in [0.5, 0.6) is 0 Å². The zero-order valence-electron chi connectivity index (χ0n) is 17.8. The van der Waals surface area contributed by atoms with Crippen molar-refractivity contribution in [2.75, 3.05) is 26.2 Å². The van der Waals surface area contributed by atoms with E-state index in [0.717, 1.165) is 18.5 Å². The van der Waals surface area contributed by atoms with E-state index in [1.54, 1.807) is 12.1 Å². The Bertz CT molecular complexity index is 979. The van der Waals surface area contributed by atoms with E-state index in [1.165, 1.54) is 15.4 Å². The summed E-state index contributed by atoms with van der Waals surface area (Å²) in [6.07, 6.45) is 4.05. The Morgan fingerprint density at radius 1 is 1.00 bits per heavy atom. The lowest BCUT2D eigenvalue weighted by atomic mass is 9.99. The standard InChI is InChI=1S/C24H30N2O3S/c1-3-26(4-2)30(28,29)23-13-10-20(11-14-23)12-15-24(27)25-18-16-22(17-19-25)21-8-6-5-7-9-21/h5-11,13-14,16H,3-4,12,15,17-19H2,1-2H3. The first kappa shape index (κ1) is 22.2. The van der Waals surface area contributed by atoms with Crippen LogP contribution in [-0.4, -0.2) is 49.7 Å². The lowest BCUT2D eigenvalue weighted by molar-refractivity contribution is -0.130. The average molecular weight is 427 g/mol. The number of hydrogen-bond acceptors (Lipinski definition) is 3. The van der Waals surface area contributed by atoms with Crippen LogP contribution in [0.4, 0.5) is 0 Å². The van der Waals surface area contributed by atoms with E-state index in [0.29, 0.717) is 37.4 Å². The number of benzene rings is 2. The van der Waals surface area contributed by atoms with Gasteiger partial charge in [0.1, 0.15) is 0 Å². The molecule has 0 saturated carbocycles. The molecule has 0 bridgehead atoms. The molecule has 160 valence electrons. The van der Waals surface area contributed by atoms with Crippen molar-refractivity contribution in [1.29, 1.82) is 0 Å². The van der Waals surface area contributed by atoms with E-state index >= 15 is 0 Å². The van der Waals surface area contributed by atoms with Crippen molar-refractivity contribution in [2.45, 2.75) is 38.0 Å². The summed E-state index contributed by atoms with van der Waals surface area (Å²) in [5, 5.41) is 0. The highest BCUT2D eigenvalue weighted by Crippen LogP contribution is 2.23. The first-order chi connectivity index (χ1) is 14.5. The third-order valence-electron chi connectivity index (χ3n) is 5.60. The van der Waals surface area contributed by atoms with Crippen LogP contribution in [0.25, 0.3) is 5.57 Å². The molecule has 2 aromatic carbocycles. The van der Waals surface area contributed by atoms with Gasteiger partial charge in [0.15, 0.2) is 0 Å². The maximum Gasteiger partial charge on any atom is 0.243 e. The van der Waals surface area contributed by atoms with E-state index in [-0.39, 0.29) is 5.91 Å². The highest BCUT2D eigenvalue weighted by molar-refractivity contribution is 7.89. The van der Waals surface area contributed by atoms with Crippen LogP contribution >= 0.6 is 0 Å². The van der Waals surface area contributed by atoms with Crippen LogP contribution in [-0.2, 0) is 21.2 Å². The average Bonchev–Trinajstić information content (AvgIpc) is 2.79. The van der Waals surface area contributed by atoms with Gasteiger partial charge in [-0.1, -0.05) is 62.4 Å². The zero-order chi connectivity index (χ0) is 21.6. The molecule has 2 aromatic rings. The van der Waals surface area contributed by atoms with Crippen LogP contribution < -0.4 is 0 Å². The SMILES string of the molecule is CCN(CC)S(=O)(=O)c1ccc(CCC(=O)N2CC=C(c3ccccc3)CC2)cc1. The van der Waals surface area contributed by atoms with Gasteiger partial charge in [-0.25, -0.2) is 8.42 Å². The molecular weight excluding hydrogens is 396 g/mol. The Balaban J connectivity index is 1.55. The first-order valence-electron chi connectivity index (χ1n) is 10.6. The summed E-state index contributed by atoms with van der Waals surface area (Å²) in [7, 11) is -3.44. The van der Waals surface area contributed by atoms with Crippen LogP contribution in [0.1, 0.15) is 37.8 Å². The molecule has 3 rings (SSSR count). The van der Waals surface area contributed by atoms with Crippen molar-refractivity contribution in [3.05, 3.63) is 71.8 Å². The minimum absolute atomic E-state index is 0.137. The van der Waals surface area contributed by atoms with Crippen molar-refractivity contribution in [2.24, 2.45) is 0 Å². The van der Waals surface area contributed by atoms with Crippen molar-refractivity contribution >= 4 is 21.5 Å². The molecule has 1 aliphatic rings. The highest BCUT2D eigenvalue weighted by atomic mass is 32.2. The summed E-state index contributed by atoms with van der Waals surface area (Å²) >= 11 is 0. The Morgan fingerprint density at radius 2 is 1.67 bits per heavy atom. The fraction of sp³-hybridized carbons (Fsp3) is 0.375. The molecule has 5 nitrogen and oxygen atoms in total. The third-order valence-corrected chi connectivity index (χ3v) is 7.66. The Kier molecular flexibility index (Phi) is 7.45. The molecule has 0 unspecified atom stereocenters. The Labute approximate surface area is 180 Å². The number of carbonyl (C=O) groups is 1. The van der Waals surface area contributed by atoms with Gasteiger partial charge in [-0.15, -0.1) is 0 Å². The number of nitrogens with zero attached hydrogens (tertiary/aromatic N) is 2. The normalized spacial score (nSPS) is 14.6. The molecule has 0 atom stereocenters. The second-order valence-corrected chi connectivity index (χ2v) is 9.36. The van der Waals surface area contributed by atoms with Gasteiger partial charge in [-0.2, -0.15) is 4.31 Å². The third kappa shape index (κ3) is 5.18. The van der Waals surface area contributed by atoms with Crippen LogP contribution in [0.2, 0.25) is 0 Å². The number of amides is 1. The number of rotatable bonds is 8. The van der Waals surface area contributed by atoms with Crippen LogP contribution in [0, 0.1) is 0 Å². The molecule has 0 saturated heterocycles. The van der Waals surface area contributed by atoms with Gasteiger partial charge >= 0.3 is 0 Å². The molecule has 6 heteroatoms. The van der Waals surface area contributed by atoms with E-state index in [4.69, 9.17) is 0 Å². The smallest absolute Gasteiger partial charge is 0.243 e. The maximum absolute atomic E-state index is 12.6. The number of carbonyl (C=O) groups excluding carboxylic acids is 1. The lowest BCUT2D eigenvalue weighted by Crippen LogP contribution is -2.34. The van der Waals surface area contributed by atoms with Crippen molar-refractivity contribution in [3.63, 3.8) is 0 Å². The van der Waals surface area contributed by atoms with Gasteiger partial charge in [0.05, 0.1) is 4.90 Å².